The van der Waals surface area contributed by atoms with Crippen LogP contribution in [0.4, 0.5) is 0 Å². The van der Waals surface area contributed by atoms with Crippen molar-refractivity contribution in [2.45, 2.75) is 25.9 Å². The van der Waals surface area contributed by atoms with Crippen molar-refractivity contribution in [2.24, 2.45) is 0 Å². The highest BCUT2D eigenvalue weighted by atomic mass is 35.5. The van der Waals surface area contributed by atoms with Gasteiger partial charge in [-0.15, -0.1) is 5.10 Å². The first kappa shape index (κ1) is 16.4. The minimum Gasteiger partial charge on any atom is -0.350 e. The lowest BCUT2D eigenvalue weighted by Gasteiger charge is -2.18. The van der Waals surface area contributed by atoms with Crippen LogP contribution in [0.5, 0.6) is 0 Å². The van der Waals surface area contributed by atoms with Gasteiger partial charge < -0.3 is 10.2 Å². The number of likely N-dealkylation sites (tertiary alicyclic amines) is 1. The van der Waals surface area contributed by atoms with Crippen LogP contribution in [-0.2, 0) is 11.3 Å². The number of carbonyl (C=O) groups is 2. The van der Waals surface area contributed by atoms with Crippen molar-refractivity contribution in [3.05, 3.63) is 46.7 Å². The number of benzene rings is 1. The van der Waals surface area contributed by atoms with Gasteiger partial charge in [-0.1, -0.05) is 16.8 Å². The maximum absolute atomic E-state index is 12.6. The highest BCUT2D eigenvalue weighted by Crippen LogP contribution is 2.19. The molecule has 3 rings (SSSR count). The Kier molecular flexibility index (Phi) is 4.80. The number of hydrogen-bond donors (Lipinski definition) is 1. The lowest BCUT2D eigenvalue weighted by molar-refractivity contribution is -0.122. The van der Waals surface area contributed by atoms with Crippen LogP contribution >= 0.6 is 11.6 Å². The van der Waals surface area contributed by atoms with Crippen LogP contribution in [0.25, 0.3) is 0 Å². The minimum atomic E-state index is -0.137. The number of rotatable bonds is 4. The molecule has 1 fully saturated rings. The van der Waals surface area contributed by atoms with Gasteiger partial charge in [-0.3, -0.25) is 9.59 Å². The molecule has 2 heterocycles. The maximum Gasteiger partial charge on any atom is 0.254 e. The van der Waals surface area contributed by atoms with E-state index < -0.39 is 0 Å². The third-order valence-corrected chi connectivity index (χ3v) is 4.27. The first-order valence-electron chi connectivity index (χ1n) is 7.72. The SMILES string of the molecule is Cc1cc(Cl)ccc1C(=O)N1CCC(NC(=O)Cn2ccnn2)C1. The summed E-state index contributed by atoms with van der Waals surface area (Å²) in [6.07, 6.45) is 3.90. The minimum absolute atomic E-state index is 0.0304. The number of carbonyl (C=O) groups excluding carboxylic acids is 2. The van der Waals surface area contributed by atoms with E-state index >= 15 is 0 Å². The quantitative estimate of drug-likeness (QED) is 0.903. The van der Waals surface area contributed by atoms with Crippen molar-refractivity contribution < 1.29 is 9.59 Å². The molecule has 0 radical (unpaired) electrons. The molecule has 8 heteroatoms. The lowest BCUT2D eigenvalue weighted by atomic mass is 10.1. The highest BCUT2D eigenvalue weighted by Gasteiger charge is 2.28. The van der Waals surface area contributed by atoms with E-state index in [2.05, 4.69) is 15.6 Å². The molecular weight excluding hydrogens is 330 g/mol. The van der Waals surface area contributed by atoms with E-state index in [-0.39, 0.29) is 24.4 Å². The molecule has 1 N–H and O–H groups in total. The first-order chi connectivity index (χ1) is 11.5. The number of hydrogen-bond acceptors (Lipinski definition) is 4. The smallest absolute Gasteiger partial charge is 0.254 e. The van der Waals surface area contributed by atoms with Crippen LogP contribution in [0.1, 0.15) is 22.3 Å². The largest absolute Gasteiger partial charge is 0.350 e. The number of aromatic nitrogens is 3. The average Bonchev–Trinajstić information content (AvgIpc) is 3.18. The molecule has 126 valence electrons. The topological polar surface area (TPSA) is 80.1 Å². The van der Waals surface area contributed by atoms with Gasteiger partial charge in [0, 0.05) is 35.9 Å². The summed E-state index contributed by atoms with van der Waals surface area (Å²) in [5.41, 5.74) is 1.50. The molecule has 1 aliphatic heterocycles. The maximum atomic E-state index is 12.6. The van der Waals surface area contributed by atoms with Gasteiger partial charge in [-0.05, 0) is 37.1 Å². The Morgan fingerprint density at radius 2 is 2.25 bits per heavy atom. The molecule has 2 aromatic rings. The fourth-order valence-corrected chi connectivity index (χ4v) is 3.06. The number of nitrogens with zero attached hydrogens (tertiary/aromatic N) is 4. The normalized spacial score (nSPS) is 17.1. The molecular formula is C16H18ClN5O2. The molecule has 1 atom stereocenters. The summed E-state index contributed by atoms with van der Waals surface area (Å²) in [5, 5.41) is 11.0. The molecule has 0 bridgehead atoms. The van der Waals surface area contributed by atoms with E-state index in [9.17, 15) is 9.59 Å². The molecule has 24 heavy (non-hydrogen) atoms. The third-order valence-electron chi connectivity index (χ3n) is 4.04. The number of amides is 2. The highest BCUT2D eigenvalue weighted by molar-refractivity contribution is 6.30. The predicted molar refractivity (Wildman–Crippen MR) is 88.7 cm³/mol. The average molecular weight is 348 g/mol. The Balaban J connectivity index is 1.56. The van der Waals surface area contributed by atoms with Crippen LogP contribution in [0, 0.1) is 6.92 Å². The van der Waals surface area contributed by atoms with Gasteiger partial charge in [0.25, 0.3) is 5.91 Å². The molecule has 2 amide bonds. The monoisotopic (exact) mass is 347 g/mol. The fourth-order valence-electron chi connectivity index (χ4n) is 2.84. The summed E-state index contributed by atoms with van der Waals surface area (Å²) >= 11 is 5.94. The zero-order chi connectivity index (χ0) is 17.1. The lowest BCUT2D eigenvalue weighted by Crippen LogP contribution is -2.40. The van der Waals surface area contributed by atoms with Gasteiger partial charge >= 0.3 is 0 Å². The molecule has 1 saturated heterocycles. The fraction of sp³-hybridized carbons (Fsp3) is 0.375. The van der Waals surface area contributed by atoms with Gasteiger partial charge in [-0.2, -0.15) is 0 Å². The first-order valence-corrected chi connectivity index (χ1v) is 8.09. The molecule has 1 unspecified atom stereocenters. The van der Waals surface area contributed by atoms with Crippen molar-refractivity contribution in [2.75, 3.05) is 13.1 Å². The molecule has 0 saturated carbocycles. The van der Waals surface area contributed by atoms with E-state index in [1.165, 1.54) is 10.9 Å². The zero-order valence-electron chi connectivity index (χ0n) is 13.3. The Labute approximate surface area is 144 Å². The zero-order valence-corrected chi connectivity index (χ0v) is 14.0. The number of aryl methyl sites for hydroxylation is 1. The molecule has 1 aromatic heterocycles. The second kappa shape index (κ2) is 7.00. The summed E-state index contributed by atoms with van der Waals surface area (Å²) < 4.78 is 1.46. The van der Waals surface area contributed by atoms with Gasteiger partial charge in [0.1, 0.15) is 6.54 Å². The van der Waals surface area contributed by atoms with Crippen molar-refractivity contribution in [3.8, 4) is 0 Å². The van der Waals surface area contributed by atoms with Crippen LogP contribution in [0.3, 0.4) is 0 Å². The summed E-state index contributed by atoms with van der Waals surface area (Å²) in [7, 11) is 0. The van der Waals surface area contributed by atoms with Gasteiger partial charge in [-0.25, -0.2) is 4.68 Å². The molecule has 1 aliphatic rings. The van der Waals surface area contributed by atoms with E-state index in [1.54, 1.807) is 29.3 Å². The van der Waals surface area contributed by atoms with Crippen molar-refractivity contribution in [1.82, 2.24) is 25.2 Å². The third kappa shape index (κ3) is 3.73. The second-order valence-corrected chi connectivity index (χ2v) is 6.30. The standard InChI is InChI=1S/C16H18ClN5O2/c1-11-8-12(17)2-3-14(11)16(24)21-6-4-13(9-21)19-15(23)10-22-7-5-18-20-22/h2-3,5,7-8,13H,4,6,9-10H2,1H3,(H,19,23). The summed E-state index contributed by atoms with van der Waals surface area (Å²) in [6.45, 7) is 3.12. The second-order valence-electron chi connectivity index (χ2n) is 5.86. The Hall–Kier alpha value is -2.41. The Morgan fingerprint density at radius 3 is 2.96 bits per heavy atom. The van der Waals surface area contributed by atoms with Crippen LogP contribution in [0.15, 0.2) is 30.6 Å². The van der Waals surface area contributed by atoms with Gasteiger partial charge in [0.05, 0.1) is 6.20 Å². The van der Waals surface area contributed by atoms with E-state index in [0.29, 0.717) is 23.7 Å². The Bertz CT molecular complexity index is 747. The van der Waals surface area contributed by atoms with Crippen LogP contribution in [-0.4, -0.2) is 50.8 Å². The molecule has 7 nitrogen and oxygen atoms in total. The van der Waals surface area contributed by atoms with E-state index in [4.69, 9.17) is 11.6 Å². The van der Waals surface area contributed by atoms with Crippen LogP contribution < -0.4 is 5.32 Å². The predicted octanol–water partition coefficient (Wildman–Crippen LogP) is 1.27. The number of nitrogens with one attached hydrogen (secondary N) is 1. The Morgan fingerprint density at radius 1 is 1.42 bits per heavy atom. The van der Waals surface area contributed by atoms with Gasteiger partial charge in [0.15, 0.2) is 0 Å². The van der Waals surface area contributed by atoms with Crippen molar-refractivity contribution in [1.29, 1.82) is 0 Å². The number of halogens is 1. The van der Waals surface area contributed by atoms with Crippen LogP contribution in [0.2, 0.25) is 5.02 Å². The summed E-state index contributed by atoms with van der Waals surface area (Å²) in [5.74, 6) is -0.167. The van der Waals surface area contributed by atoms with E-state index in [0.717, 1.165) is 12.0 Å². The van der Waals surface area contributed by atoms with E-state index in [1.807, 2.05) is 6.92 Å². The summed E-state index contributed by atoms with van der Waals surface area (Å²) in [4.78, 5) is 26.4. The van der Waals surface area contributed by atoms with Crippen molar-refractivity contribution in [3.63, 3.8) is 0 Å². The molecule has 0 spiro atoms. The molecule has 0 aliphatic carbocycles. The molecule has 1 aromatic carbocycles. The van der Waals surface area contributed by atoms with Crippen molar-refractivity contribution >= 4 is 23.4 Å². The summed E-state index contributed by atoms with van der Waals surface area (Å²) in [6, 6.07) is 5.20. The van der Waals surface area contributed by atoms with Gasteiger partial charge in [0.2, 0.25) is 5.91 Å².